The zero-order chi connectivity index (χ0) is 12.4. The SMILES string of the molecule is Cc1nc(Nc2ccc(Br)c(Cl)c2)ccc1N. The predicted octanol–water partition coefficient (Wildman–Crippen LogP) is 4.13. The van der Waals surface area contributed by atoms with Crippen LogP contribution in [-0.2, 0) is 0 Å². The molecule has 3 N–H and O–H groups in total. The Balaban J connectivity index is 2.25. The largest absolute Gasteiger partial charge is 0.397 e. The Morgan fingerprint density at radius 2 is 2.06 bits per heavy atom. The van der Waals surface area contributed by atoms with Gasteiger partial charge in [0.2, 0.25) is 0 Å². The molecule has 0 bridgehead atoms. The third-order valence-corrected chi connectivity index (χ3v) is 3.55. The highest BCUT2D eigenvalue weighted by Crippen LogP contribution is 2.27. The predicted molar refractivity (Wildman–Crippen MR) is 75.8 cm³/mol. The lowest BCUT2D eigenvalue weighted by Crippen LogP contribution is -1.98. The van der Waals surface area contributed by atoms with E-state index in [0.717, 1.165) is 21.7 Å². The van der Waals surface area contributed by atoms with Gasteiger partial charge in [-0.15, -0.1) is 0 Å². The van der Waals surface area contributed by atoms with Gasteiger partial charge in [0.15, 0.2) is 0 Å². The lowest BCUT2D eigenvalue weighted by Gasteiger charge is -2.08. The molecule has 88 valence electrons. The molecule has 0 amide bonds. The highest BCUT2D eigenvalue weighted by atomic mass is 79.9. The van der Waals surface area contributed by atoms with Crippen molar-refractivity contribution in [2.24, 2.45) is 0 Å². The number of hydrogen-bond acceptors (Lipinski definition) is 3. The van der Waals surface area contributed by atoms with Crippen molar-refractivity contribution in [3.8, 4) is 0 Å². The van der Waals surface area contributed by atoms with Crippen molar-refractivity contribution in [3.63, 3.8) is 0 Å². The molecule has 1 aromatic heterocycles. The number of rotatable bonds is 2. The van der Waals surface area contributed by atoms with E-state index in [2.05, 4.69) is 26.2 Å². The van der Waals surface area contributed by atoms with Crippen molar-refractivity contribution in [2.45, 2.75) is 6.92 Å². The summed E-state index contributed by atoms with van der Waals surface area (Å²) in [6.45, 7) is 1.87. The van der Waals surface area contributed by atoms with Crippen molar-refractivity contribution < 1.29 is 0 Å². The van der Waals surface area contributed by atoms with E-state index in [9.17, 15) is 0 Å². The number of nitrogens with one attached hydrogen (secondary N) is 1. The molecule has 0 saturated carbocycles. The topological polar surface area (TPSA) is 50.9 Å². The maximum absolute atomic E-state index is 6.01. The summed E-state index contributed by atoms with van der Waals surface area (Å²) in [5.74, 6) is 0.745. The molecule has 3 nitrogen and oxygen atoms in total. The molecule has 0 aliphatic heterocycles. The van der Waals surface area contributed by atoms with Crippen LogP contribution in [-0.4, -0.2) is 4.98 Å². The molecule has 0 fully saturated rings. The normalized spacial score (nSPS) is 10.3. The van der Waals surface area contributed by atoms with Gasteiger partial charge in [0.05, 0.1) is 16.4 Å². The monoisotopic (exact) mass is 311 g/mol. The number of halogens is 2. The van der Waals surface area contributed by atoms with Gasteiger partial charge in [-0.3, -0.25) is 0 Å². The van der Waals surface area contributed by atoms with Gasteiger partial charge in [-0.1, -0.05) is 11.6 Å². The first kappa shape index (κ1) is 12.2. The number of benzene rings is 1. The van der Waals surface area contributed by atoms with Crippen molar-refractivity contribution in [1.82, 2.24) is 4.98 Å². The molecule has 5 heteroatoms. The summed E-state index contributed by atoms with van der Waals surface area (Å²) in [5, 5.41) is 3.82. The summed E-state index contributed by atoms with van der Waals surface area (Å²) in [7, 11) is 0. The lowest BCUT2D eigenvalue weighted by molar-refractivity contribution is 1.20. The second-order valence-corrected chi connectivity index (χ2v) is 4.89. The number of hydrogen-bond donors (Lipinski definition) is 2. The highest BCUT2D eigenvalue weighted by molar-refractivity contribution is 9.10. The first-order valence-corrected chi connectivity index (χ1v) is 6.18. The van der Waals surface area contributed by atoms with E-state index in [1.807, 2.05) is 37.3 Å². The fourth-order valence-corrected chi connectivity index (χ4v) is 1.79. The van der Waals surface area contributed by atoms with Gasteiger partial charge in [0.25, 0.3) is 0 Å². The Kier molecular flexibility index (Phi) is 3.54. The third kappa shape index (κ3) is 2.90. The Morgan fingerprint density at radius 3 is 2.71 bits per heavy atom. The first-order chi connectivity index (χ1) is 8.06. The summed E-state index contributed by atoms with van der Waals surface area (Å²) in [6.07, 6.45) is 0. The summed E-state index contributed by atoms with van der Waals surface area (Å²) in [5.41, 5.74) is 8.08. The van der Waals surface area contributed by atoms with Gasteiger partial charge < -0.3 is 11.1 Å². The molecule has 0 spiro atoms. The van der Waals surface area contributed by atoms with Crippen LogP contribution in [0.1, 0.15) is 5.69 Å². The first-order valence-electron chi connectivity index (χ1n) is 5.01. The van der Waals surface area contributed by atoms with E-state index < -0.39 is 0 Å². The smallest absolute Gasteiger partial charge is 0.130 e. The zero-order valence-electron chi connectivity index (χ0n) is 9.17. The number of nitrogens with zero attached hydrogens (tertiary/aromatic N) is 1. The maximum atomic E-state index is 6.01. The molecule has 0 radical (unpaired) electrons. The van der Waals surface area contributed by atoms with Gasteiger partial charge in [0, 0.05) is 10.2 Å². The number of pyridine rings is 1. The van der Waals surface area contributed by atoms with Gasteiger partial charge in [-0.05, 0) is 53.2 Å². The van der Waals surface area contributed by atoms with Crippen LogP contribution in [0, 0.1) is 6.92 Å². The van der Waals surface area contributed by atoms with E-state index in [1.54, 1.807) is 0 Å². The Hall–Kier alpha value is -1.26. The van der Waals surface area contributed by atoms with Gasteiger partial charge in [-0.2, -0.15) is 0 Å². The third-order valence-electron chi connectivity index (χ3n) is 2.32. The molecular formula is C12H11BrClN3. The van der Waals surface area contributed by atoms with Crippen molar-refractivity contribution in [1.29, 1.82) is 0 Å². The van der Waals surface area contributed by atoms with E-state index >= 15 is 0 Å². The molecule has 0 atom stereocenters. The quantitative estimate of drug-likeness (QED) is 0.876. The average molecular weight is 313 g/mol. The number of aryl methyl sites for hydroxylation is 1. The van der Waals surface area contributed by atoms with Gasteiger partial charge >= 0.3 is 0 Å². The minimum absolute atomic E-state index is 0.655. The van der Waals surface area contributed by atoms with Crippen molar-refractivity contribution in [3.05, 3.63) is 45.5 Å². The van der Waals surface area contributed by atoms with E-state index in [4.69, 9.17) is 17.3 Å². The summed E-state index contributed by atoms with van der Waals surface area (Å²) >= 11 is 9.35. The van der Waals surface area contributed by atoms with Gasteiger partial charge in [0.1, 0.15) is 5.82 Å². The van der Waals surface area contributed by atoms with Crippen LogP contribution in [0.4, 0.5) is 17.2 Å². The number of anilines is 3. The zero-order valence-corrected chi connectivity index (χ0v) is 11.5. The molecule has 2 rings (SSSR count). The Bertz CT molecular complexity index is 508. The standard InChI is InChI=1S/C12H11BrClN3/c1-7-11(15)4-5-12(16-7)17-8-2-3-9(13)10(14)6-8/h2-6H,15H2,1H3,(H,16,17). The van der Waals surface area contributed by atoms with Crippen LogP contribution in [0.5, 0.6) is 0 Å². The molecular weight excluding hydrogens is 302 g/mol. The van der Waals surface area contributed by atoms with E-state index in [-0.39, 0.29) is 0 Å². The van der Waals surface area contributed by atoms with E-state index in [0.29, 0.717) is 10.7 Å². The van der Waals surface area contributed by atoms with Crippen LogP contribution in [0.2, 0.25) is 5.02 Å². The van der Waals surface area contributed by atoms with Crippen LogP contribution >= 0.6 is 27.5 Å². The molecule has 0 unspecified atom stereocenters. The fourth-order valence-electron chi connectivity index (χ4n) is 1.36. The number of aromatic nitrogens is 1. The molecule has 0 aliphatic carbocycles. The van der Waals surface area contributed by atoms with E-state index in [1.165, 1.54) is 0 Å². The van der Waals surface area contributed by atoms with Gasteiger partial charge in [-0.25, -0.2) is 4.98 Å². The highest BCUT2D eigenvalue weighted by Gasteiger charge is 2.02. The summed E-state index contributed by atoms with van der Waals surface area (Å²) < 4.78 is 0.867. The summed E-state index contributed by atoms with van der Waals surface area (Å²) in [4.78, 5) is 4.33. The maximum Gasteiger partial charge on any atom is 0.130 e. The van der Waals surface area contributed by atoms with Crippen molar-refractivity contribution >= 4 is 44.7 Å². The molecule has 0 saturated heterocycles. The minimum Gasteiger partial charge on any atom is -0.397 e. The second kappa shape index (κ2) is 4.94. The fraction of sp³-hybridized carbons (Fsp3) is 0.0833. The van der Waals surface area contributed by atoms with Crippen LogP contribution in [0.25, 0.3) is 0 Å². The molecule has 1 aromatic carbocycles. The van der Waals surface area contributed by atoms with Crippen LogP contribution < -0.4 is 11.1 Å². The molecule has 2 aromatic rings. The Morgan fingerprint density at radius 1 is 1.29 bits per heavy atom. The van der Waals surface area contributed by atoms with Crippen LogP contribution in [0.15, 0.2) is 34.8 Å². The summed E-state index contributed by atoms with van der Waals surface area (Å²) in [6, 6.07) is 9.29. The Labute approximate surface area is 113 Å². The molecule has 0 aliphatic rings. The number of nitrogen functional groups attached to an aromatic ring is 1. The molecule has 1 heterocycles. The second-order valence-electron chi connectivity index (χ2n) is 3.63. The number of nitrogens with two attached hydrogens (primary N) is 1. The average Bonchev–Trinajstić information content (AvgIpc) is 2.29. The van der Waals surface area contributed by atoms with Crippen LogP contribution in [0.3, 0.4) is 0 Å². The lowest BCUT2D eigenvalue weighted by atomic mass is 10.3. The van der Waals surface area contributed by atoms with Crippen molar-refractivity contribution in [2.75, 3.05) is 11.1 Å². The minimum atomic E-state index is 0.655. The molecule has 17 heavy (non-hydrogen) atoms.